The number of non-ortho nitro benzene ring substituents is 1. The van der Waals surface area contributed by atoms with Gasteiger partial charge in [-0.3, -0.25) is 19.8 Å². The molecule has 11 nitrogen and oxygen atoms in total. The number of carbonyl (C=O) groups excluding carboxylic acids is 1. The van der Waals surface area contributed by atoms with Gasteiger partial charge in [-0.25, -0.2) is 9.59 Å². The van der Waals surface area contributed by atoms with Crippen molar-refractivity contribution in [2.45, 2.75) is 50.3 Å². The normalized spacial score (nSPS) is 21.3. The number of nitrogens with zero attached hydrogens (tertiary/aromatic N) is 3. The van der Waals surface area contributed by atoms with E-state index in [0.717, 1.165) is 0 Å². The third kappa shape index (κ3) is 7.65. The number of rotatable bonds is 6. The number of nitro benzene ring substituents is 1. The Morgan fingerprint density at radius 1 is 1.03 bits per heavy atom. The monoisotopic (exact) mass is 463 g/mol. The molecule has 2 aliphatic rings. The molecule has 2 fully saturated rings. The Bertz CT molecular complexity index is 864. The molecular formula is C22H29N3O8. The average molecular weight is 463 g/mol. The minimum Gasteiger partial charge on any atom is -0.478 e. The Labute approximate surface area is 191 Å². The van der Waals surface area contributed by atoms with E-state index in [1.54, 1.807) is 11.9 Å². The number of aliphatic carboxylic acids is 2. The van der Waals surface area contributed by atoms with Crippen LogP contribution in [0.3, 0.4) is 0 Å². The van der Waals surface area contributed by atoms with Gasteiger partial charge in [-0.2, -0.15) is 0 Å². The van der Waals surface area contributed by atoms with Crippen LogP contribution in [-0.4, -0.2) is 86.2 Å². The van der Waals surface area contributed by atoms with Gasteiger partial charge >= 0.3 is 11.9 Å². The summed E-state index contributed by atoms with van der Waals surface area (Å²) in [6.45, 7) is 1.29. The second-order valence-corrected chi connectivity index (χ2v) is 8.11. The van der Waals surface area contributed by atoms with Crippen molar-refractivity contribution >= 4 is 23.5 Å². The Morgan fingerprint density at radius 3 is 2.06 bits per heavy atom. The Hall–Kier alpha value is -3.31. The van der Waals surface area contributed by atoms with Gasteiger partial charge in [0.25, 0.3) is 11.6 Å². The lowest BCUT2D eigenvalue weighted by Crippen LogP contribution is -2.44. The molecule has 1 saturated heterocycles. The van der Waals surface area contributed by atoms with Gasteiger partial charge in [0.15, 0.2) is 0 Å². The van der Waals surface area contributed by atoms with E-state index in [2.05, 4.69) is 4.90 Å². The molecule has 0 spiro atoms. The highest BCUT2D eigenvalue weighted by Gasteiger charge is 2.39. The van der Waals surface area contributed by atoms with E-state index in [1.165, 1.54) is 56.4 Å². The van der Waals surface area contributed by atoms with Crippen molar-refractivity contribution in [1.29, 1.82) is 0 Å². The van der Waals surface area contributed by atoms with Gasteiger partial charge in [-0.1, -0.05) is 19.3 Å². The van der Waals surface area contributed by atoms with Crippen molar-refractivity contribution in [3.8, 4) is 0 Å². The fraction of sp³-hybridized carbons (Fsp3) is 0.500. The molecule has 1 amide bonds. The molecule has 11 heteroatoms. The lowest BCUT2D eigenvalue weighted by atomic mass is 9.94. The number of hydrogen-bond acceptors (Lipinski definition) is 7. The van der Waals surface area contributed by atoms with Crippen LogP contribution in [0.15, 0.2) is 36.4 Å². The van der Waals surface area contributed by atoms with Crippen molar-refractivity contribution in [2.75, 3.05) is 20.1 Å². The van der Waals surface area contributed by atoms with Gasteiger partial charge in [0.05, 0.1) is 17.1 Å². The van der Waals surface area contributed by atoms with E-state index in [1.807, 2.05) is 0 Å². The summed E-state index contributed by atoms with van der Waals surface area (Å²) in [6, 6.07) is 5.87. The zero-order valence-electron chi connectivity index (χ0n) is 18.4. The quantitative estimate of drug-likeness (QED) is 0.324. The van der Waals surface area contributed by atoms with Crippen molar-refractivity contribution in [2.24, 2.45) is 0 Å². The second-order valence-electron chi connectivity index (χ2n) is 8.11. The van der Waals surface area contributed by atoms with Crippen LogP contribution in [0.4, 0.5) is 5.69 Å². The first-order chi connectivity index (χ1) is 15.6. The number of likely N-dealkylation sites (N-methyl/N-ethyl adjacent to an activating group) is 1. The fourth-order valence-corrected chi connectivity index (χ4v) is 4.15. The molecule has 3 N–H and O–H groups in total. The molecule has 0 unspecified atom stereocenters. The van der Waals surface area contributed by atoms with Gasteiger partial charge in [0.2, 0.25) is 0 Å². The summed E-state index contributed by atoms with van der Waals surface area (Å²) in [5.41, 5.74) is 0.361. The molecule has 0 radical (unpaired) electrons. The van der Waals surface area contributed by atoms with Crippen LogP contribution < -0.4 is 0 Å². The van der Waals surface area contributed by atoms with E-state index in [9.17, 15) is 29.6 Å². The van der Waals surface area contributed by atoms with Crippen LogP contribution in [-0.2, 0) is 9.59 Å². The number of benzene rings is 1. The number of hydrogen-bond donors (Lipinski definition) is 3. The number of amides is 1. The average Bonchev–Trinajstić information content (AvgIpc) is 3.19. The molecule has 1 saturated carbocycles. The number of carboxylic acids is 2. The maximum atomic E-state index is 12.7. The van der Waals surface area contributed by atoms with Crippen molar-refractivity contribution < 1.29 is 34.6 Å². The summed E-state index contributed by atoms with van der Waals surface area (Å²) < 4.78 is 0. The minimum atomic E-state index is -1.26. The Balaban J connectivity index is 0.000000414. The smallest absolute Gasteiger partial charge is 0.328 e. The molecule has 33 heavy (non-hydrogen) atoms. The standard InChI is InChI=1S/C18H25N3O4.C4H4O4/c1-19(18(23)13-7-9-15(10-8-13)21(24)25)16-11-20(12-17(16)22)14-5-3-2-4-6-14;5-3(6)1-2-4(7)8/h7-10,14,16-17,22H,2-6,11-12H2,1H3;1-2H,(H,5,6)(H,7,8)/b;2-1+/t16-,17-;/m0./s1. The maximum absolute atomic E-state index is 12.7. The predicted octanol–water partition coefficient (Wildman–Crippen LogP) is 1.76. The van der Waals surface area contributed by atoms with Crippen LogP contribution in [0.25, 0.3) is 0 Å². The van der Waals surface area contributed by atoms with Crippen molar-refractivity contribution in [3.63, 3.8) is 0 Å². The number of likely N-dealkylation sites (tertiary alicyclic amines) is 1. The van der Waals surface area contributed by atoms with Gasteiger partial charge < -0.3 is 20.2 Å². The summed E-state index contributed by atoms with van der Waals surface area (Å²) in [5, 5.41) is 36.8. The summed E-state index contributed by atoms with van der Waals surface area (Å²) in [4.78, 5) is 45.9. The summed E-state index contributed by atoms with van der Waals surface area (Å²) >= 11 is 0. The van der Waals surface area contributed by atoms with Gasteiger partial charge in [0, 0.05) is 56.0 Å². The first-order valence-electron chi connectivity index (χ1n) is 10.7. The Morgan fingerprint density at radius 2 is 1.58 bits per heavy atom. The molecule has 3 rings (SSSR count). The predicted molar refractivity (Wildman–Crippen MR) is 118 cm³/mol. The molecule has 2 atom stereocenters. The highest BCUT2D eigenvalue weighted by atomic mass is 16.6. The maximum Gasteiger partial charge on any atom is 0.328 e. The lowest BCUT2D eigenvalue weighted by molar-refractivity contribution is -0.384. The molecule has 0 aromatic heterocycles. The van der Waals surface area contributed by atoms with E-state index in [0.29, 0.717) is 36.8 Å². The van der Waals surface area contributed by atoms with E-state index >= 15 is 0 Å². The molecular weight excluding hydrogens is 434 g/mol. The molecule has 1 aliphatic carbocycles. The number of carbonyl (C=O) groups is 3. The summed E-state index contributed by atoms with van der Waals surface area (Å²) in [7, 11) is 1.70. The first-order valence-corrected chi connectivity index (χ1v) is 10.7. The first kappa shape index (κ1) is 25.9. The Kier molecular flexibility index (Phi) is 9.49. The molecule has 1 heterocycles. The van der Waals surface area contributed by atoms with E-state index in [4.69, 9.17) is 10.2 Å². The van der Waals surface area contributed by atoms with E-state index < -0.39 is 23.0 Å². The summed E-state index contributed by atoms with van der Waals surface area (Å²) in [6.07, 6.45) is 6.64. The topological polar surface area (TPSA) is 162 Å². The third-order valence-corrected chi connectivity index (χ3v) is 5.89. The van der Waals surface area contributed by atoms with Crippen LogP contribution in [0.5, 0.6) is 0 Å². The number of aliphatic hydroxyl groups excluding tert-OH is 1. The largest absolute Gasteiger partial charge is 0.478 e. The molecule has 1 aromatic carbocycles. The molecule has 180 valence electrons. The SMILES string of the molecule is CN(C(=O)c1ccc([N+](=O)[O-])cc1)[C@H]1CN(C2CCCCC2)C[C@@H]1O.O=C(O)/C=C/C(=O)O. The number of aliphatic hydroxyl groups is 1. The third-order valence-electron chi connectivity index (χ3n) is 5.89. The van der Waals surface area contributed by atoms with Crippen LogP contribution in [0.1, 0.15) is 42.5 Å². The van der Waals surface area contributed by atoms with Gasteiger partial charge in [-0.15, -0.1) is 0 Å². The number of β-amino-alcohol motifs (C(OH)–C–C–N with tert-alkyl or cyclic N) is 1. The van der Waals surface area contributed by atoms with Gasteiger partial charge in [-0.05, 0) is 25.0 Å². The van der Waals surface area contributed by atoms with Crippen LogP contribution in [0.2, 0.25) is 0 Å². The van der Waals surface area contributed by atoms with Crippen LogP contribution >= 0.6 is 0 Å². The van der Waals surface area contributed by atoms with Crippen LogP contribution in [0, 0.1) is 10.1 Å². The second kappa shape index (κ2) is 12.1. The van der Waals surface area contributed by atoms with Gasteiger partial charge in [0.1, 0.15) is 0 Å². The lowest BCUT2D eigenvalue weighted by Gasteiger charge is -2.31. The van der Waals surface area contributed by atoms with Crippen molar-refractivity contribution in [3.05, 3.63) is 52.1 Å². The number of carboxylic acid groups (broad SMARTS) is 2. The zero-order valence-corrected chi connectivity index (χ0v) is 18.4. The highest BCUT2D eigenvalue weighted by Crippen LogP contribution is 2.27. The van der Waals surface area contributed by atoms with Crippen molar-refractivity contribution in [1.82, 2.24) is 9.80 Å². The zero-order chi connectivity index (χ0) is 24.5. The molecule has 0 bridgehead atoms. The molecule has 1 aliphatic heterocycles. The summed E-state index contributed by atoms with van der Waals surface area (Å²) in [5.74, 6) is -2.73. The molecule has 1 aromatic rings. The van der Waals surface area contributed by atoms with E-state index in [-0.39, 0.29) is 17.6 Å². The highest BCUT2D eigenvalue weighted by molar-refractivity contribution is 5.94. The fourth-order valence-electron chi connectivity index (χ4n) is 4.15. The number of nitro groups is 1. The minimum absolute atomic E-state index is 0.0384.